The van der Waals surface area contributed by atoms with Gasteiger partial charge in [0.15, 0.2) is 5.82 Å². The smallest absolute Gasteiger partial charge is 0.259 e. The molecule has 3 aromatic rings. The number of hydrogen-bond donors (Lipinski definition) is 1. The fourth-order valence-electron chi connectivity index (χ4n) is 4.62. The van der Waals surface area contributed by atoms with E-state index in [4.69, 9.17) is 4.52 Å². The molecule has 194 valence electrons. The first-order chi connectivity index (χ1) is 17.7. The number of fused-ring (bicyclic) bond motifs is 1. The van der Waals surface area contributed by atoms with E-state index < -0.39 is 10.0 Å². The van der Waals surface area contributed by atoms with Crippen LogP contribution in [0.2, 0.25) is 0 Å². The third-order valence-corrected chi connectivity index (χ3v) is 8.93. The van der Waals surface area contributed by atoms with Gasteiger partial charge >= 0.3 is 0 Å². The summed E-state index contributed by atoms with van der Waals surface area (Å²) in [6.45, 7) is 2.69. The number of rotatable bonds is 6. The Morgan fingerprint density at radius 3 is 2.73 bits per heavy atom. The van der Waals surface area contributed by atoms with Gasteiger partial charge in [0.05, 0.1) is 17.0 Å². The number of aromatic nitrogens is 3. The van der Waals surface area contributed by atoms with Crippen LogP contribution >= 0.6 is 0 Å². The molecule has 12 heteroatoms. The molecule has 0 saturated carbocycles. The topological polar surface area (TPSA) is 139 Å². The van der Waals surface area contributed by atoms with E-state index >= 15 is 0 Å². The Bertz CT molecular complexity index is 1430. The summed E-state index contributed by atoms with van der Waals surface area (Å²) >= 11 is 0. The first-order valence-corrected chi connectivity index (χ1v) is 13.5. The number of piperidine rings is 1. The number of sulfonamides is 1. The Morgan fingerprint density at radius 1 is 1.22 bits per heavy atom. The fraction of sp³-hybridized carbons (Fsp3) is 0.400. The minimum atomic E-state index is -3.87. The van der Waals surface area contributed by atoms with Gasteiger partial charge in [0, 0.05) is 50.1 Å². The highest BCUT2D eigenvalue weighted by atomic mass is 32.2. The summed E-state index contributed by atoms with van der Waals surface area (Å²) in [7, 11) is -2.47. The molecule has 0 aliphatic carbocycles. The van der Waals surface area contributed by atoms with Gasteiger partial charge in [0.25, 0.3) is 5.89 Å². The van der Waals surface area contributed by atoms with E-state index in [2.05, 4.69) is 20.4 Å². The number of aryl methyl sites for hydroxylation is 1. The lowest BCUT2D eigenvalue weighted by Gasteiger charge is -2.37. The van der Waals surface area contributed by atoms with Crippen molar-refractivity contribution in [2.24, 2.45) is 0 Å². The van der Waals surface area contributed by atoms with Crippen LogP contribution in [0, 0.1) is 0 Å². The molecule has 37 heavy (non-hydrogen) atoms. The van der Waals surface area contributed by atoms with Gasteiger partial charge in [0.2, 0.25) is 21.8 Å². The predicted molar refractivity (Wildman–Crippen MR) is 134 cm³/mol. The first kappa shape index (κ1) is 25.0. The molecule has 1 fully saturated rings. The largest absolute Gasteiger partial charge is 0.341 e. The van der Waals surface area contributed by atoms with Gasteiger partial charge in [-0.25, -0.2) is 8.42 Å². The van der Waals surface area contributed by atoms with Crippen molar-refractivity contribution in [3.05, 3.63) is 54.1 Å². The van der Waals surface area contributed by atoms with Gasteiger partial charge < -0.3 is 14.7 Å². The molecule has 0 bridgehead atoms. The quantitative estimate of drug-likeness (QED) is 0.518. The number of likely N-dealkylation sites (N-methyl/N-ethyl adjacent to an activating group) is 1. The number of amides is 2. The normalized spacial score (nSPS) is 17.4. The molecular formula is C25H28N6O5S. The monoisotopic (exact) mass is 524 g/mol. The summed E-state index contributed by atoms with van der Waals surface area (Å²) in [4.78, 5) is 35.0. The van der Waals surface area contributed by atoms with E-state index in [1.807, 2.05) is 13.0 Å². The van der Waals surface area contributed by atoms with E-state index in [0.717, 1.165) is 15.4 Å². The third-order valence-electron chi connectivity index (χ3n) is 7.13. The number of benzene rings is 1. The molecule has 2 amide bonds. The minimum absolute atomic E-state index is 0.0864. The lowest BCUT2D eigenvalue weighted by atomic mass is 9.79. The molecule has 0 radical (unpaired) electrons. The molecule has 2 aliphatic rings. The van der Waals surface area contributed by atoms with Gasteiger partial charge in [-0.3, -0.25) is 14.6 Å². The van der Waals surface area contributed by atoms with Crippen molar-refractivity contribution in [1.82, 2.24) is 24.3 Å². The third kappa shape index (κ3) is 4.98. The van der Waals surface area contributed by atoms with E-state index in [-0.39, 0.29) is 28.7 Å². The van der Waals surface area contributed by atoms with Gasteiger partial charge in [-0.15, -0.1) is 0 Å². The summed E-state index contributed by atoms with van der Waals surface area (Å²) in [5, 5.41) is 6.92. The highest BCUT2D eigenvalue weighted by Gasteiger charge is 2.38. The van der Waals surface area contributed by atoms with Crippen LogP contribution in [0.4, 0.5) is 5.69 Å². The van der Waals surface area contributed by atoms with Crippen LogP contribution in [0.15, 0.2) is 52.1 Å². The second kappa shape index (κ2) is 9.67. The maximum absolute atomic E-state index is 13.1. The molecule has 0 spiro atoms. The van der Waals surface area contributed by atoms with Crippen molar-refractivity contribution in [3.63, 3.8) is 0 Å². The molecule has 5 rings (SSSR count). The molecule has 1 saturated heterocycles. The Hall–Kier alpha value is -3.64. The molecule has 11 nitrogen and oxygen atoms in total. The predicted octanol–water partition coefficient (Wildman–Crippen LogP) is 2.22. The number of anilines is 1. The van der Waals surface area contributed by atoms with Crippen LogP contribution < -0.4 is 5.32 Å². The number of pyridine rings is 1. The molecule has 0 atom stereocenters. The number of likely N-dealkylation sites (tertiary alicyclic amines) is 1. The number of nitrogens with one attached hydrogen (secondary N) is 1. The Morgan fingerprint density at radius 2 is 2.00 bits per heavy atom. The standard InChI is InChI=1S/C25H28N6O5S/c1-25(24-28-23(36-29-24)18-4-3-11-26-15-18)9-12-31(13-10-25)22(33)16-30(2)37(34,35)19-6-7-20-17(14-19)5-8-21(32)27-20/h3-4,6-7,11,14-15H,5,8-10,12-13,16H2,1-2H3,(H,27,32). The molecule has 2 aromatic heterocycles. The van der Waals surface area contributed by atoms with E-state index in [0.29, 0.717) is 56.2 Å². The van der Waals surface area contributed by atoms with Crippen LogP contribution in [-0.2, 0) is 31.4 Å². The highest BCUT2D eigenvalue weighted by Crippen LogP contribution is 2.34. The summed E-state index contributed by atoms with van der Waals surface area (Å²) < 4.78 is 32.8. The van der Waals surface area contributed by atoms with Crippen LogP contribution in [0.5, 0.6) is 0 Å². The van der Waals surface area contributed by atoms with Crippen LogP contribution in [0.25, 0.3) is 11.5 Å². The zero-order chi connectivity index (χ0) is 26.2. The maximum Gasteiger partial charge on any atom is 0.259 e. The zero-order valence-electron chi connectivity index (χ0n) is 20.7. The Kier molecular flexibility index (Phi) is 6.54. The van der Waals surface area contributed by atoms with Crippen molar-refractivity contribution < 1.29 is 22.5 Å². The second-order valence-corrected chi connectivity index (χ2v) is 11.8. The number of nitrogens with zero attached hydrogens (tertiary/aromatic N) is 5. The Balaban J connectivity index is 1.21. The van der Waals surface area contributed by atoms with Crippen LogP contribution in [0.3, 0.4) is 0 Å². The van der Waals surface area contributed by atoms with E-state index in [9.17, 15) is 18.0 Å². The van der Waals surface area contributed by atoms with Gasteiger partial charge in [0.1, 0.15) is 0 Å². The van der Waals surface area contributed by atoms with Crippen LogP contribution in [0.1, 0.15) is 37.6 Å². The van der Waals surface area contributed by atoms with Crippen molar-refractivity contribution in [3.8, 4) is 11.5 Å². The summed E-state index contributed by atoms with van der Waals surface area (Å²) in [6.07, 6.45) is 5.37. The molecule has 1 aromatic carbocycles. The molecule has 1 N–H and O–H groups in total. The maximum atomic E-state index is 13.1. The summed E-state index contributed by atoms with van der Waals surface area (Å²) in [6, 6.07) is 8.27. The number of carbonyl (C=O) groups is 2. The SMILES string of the molecule is CN(CC(=O)N1CCC(C)(c2noc(-c3cccnc3)n2)CC1)S(=O)(=O)c1ccc2c(c1)CCC(=O)N2. The average Bonchev–Trinajstić information content (AvgIpc) is 3.40. The lowest BCUT2D eigenvalue weighted by Crippen LogP contribution is -2.48. The van der Waals surface area contributed by atoms with E-state index in [1.165, 1.54) is 13.1 Å². The molecule has 0 unspecified atom stereocenters. The van der Waals surface area contributed by atoms with Crippen LogP contribution in [-0.4, -0.2) is 71.2 Å². The molecule has 4 heterocycles. The van der Waals surface area contributed by atoms with Crippen molar-refractivity contribution in [2.45, 2.75) is 42.9 Å². The molecule has 2 aliphatic heterocycles. The first-order valence-electron chi connectivity index (χ1n) is 12.1. The second-order valence-electron chi connectivity index (χ2n) is 9.73. The zero-order valence-corrected chi connectivity index (χ0v) is 21.5. The summed E-state index contributed by atoms with van der Waals surface area (Å²) in [5.41, 5.74) is 1.77. The number of carbonyl (C=O) groups excluding carboxylic acids is 2. The number of hydrogen-bond acceptors (Lipinski definition) is 8. The van der Waals surface area contributed by atoms with E-state index in [1.54, 1.807) is 35.5 Å². The minimum Gasteiger partial charge on any atom is -0.341 e. The lowest BCUT2D eigenvalue weighted by molar-refractivity contribution is -0.132. The fourth-order valence-corrected chi connectivity index (χ4v) is 5.80. The Labute approximate surface area is 214 Å². The van der Waals surface area contributed by atoms with Gasteiger partial charge in [-0.05, 0) is 55.2 Å². The average molecular weight is 525 g/mol. The van der Waals surface area contributed by atoms with Gasteiger partial charge in [-0.2, -0.15) is 9.29 Å². The van der Waals surface area contributed by atoms with Gasteiger partial charge in [-0.1, -0.05) is 12.1 Å². The van der Waals surface area contributed by atoms with Crippen molar-refractivity contribution >= 4 is 27.5 Å². The highest BCUT2D eigenvalue weighted by molar-refractivity contribution is 7.89. The van der Waals surface area contributed by atoms with Crippen molar-refractivity contribution in [2.75, 3.05) is 32.0 Å². The molecular weight excluding hydrogens is 496 g/mol. The van der Waals surface area contributed by atoms with Crippen molar-refractivity contribution in [1.29, 1.82) is 0 Å². The summed E-state index contributed by atoms with van der Waals surface area (Å²) in [5.74, 6) is 0.639.